The Morgan fingerprint density at radius 2 is 1.86 bits per heavy atom. The zero-order chi connectivity index (χ0) is 20.0. The van der Waals surface area contributed by atoms with Gasteiger partial charge in [-0.1, -0.05) is 5.16 Å². The van der Waals surface area contributed by atoms with Crippen LogP contribution >= 0.6 is 0 Å². The molecule has 3 heterocycles. The fraction of sp³-hybridized carbons (Fsp3) is 0.200. The summed E-state index contributed by atoms with van der Waals surface area (Å²) in [6, 6.07) is 7.55. The highest BCUT2D eigenvalue weighted by molar-refractivity contribution is 6.13. The summed E-state index contributed by atoms with van der Waals surface area (Å²) in [5.41, 5.74) is 4.59. The molecule has 0 saturated carbocycles. The Labute approximate surface area is 160 Å². The number of halogens is 1. The lowest BCUT2D eigenvalue weighted by atomic mass is 10.0. The third-order valence-electron chi connectivity index (χ3n) is 4.75. The van der Waals surface area contributed by atoms with Gasteiger partial charge in [0.2, 0.25) is 0 Å². The van der Waals surface area contributed by atoms with E-state index in [-0.39, 0.29) is 17.4 Å². The molecule has 8 heteroatoms. The third-order valence-corrected chi connectivity index (χ3v) is 4.75. The van der Waals surface area contributed by atoms with Crippen molar-refractivity contribution in [1.82, 2.24) is 19.9 Å². The Morgan fingerprint density at radius 1 is 1.14 bits per heavy atom. The van der Waals surface area contributed by atoms with Crippen molar-refractivity contribution in [2.24, 2.45) is 7.05 Å². The minimum Gasteiger partial charge on any atom is -0.335 e. The van der Waals surface area contributed by atoms with Crippen LogP contribution in [0.15, 0.2) is 34.9 Å². The molecule has 0 spiro atoms. The Balaban J connectivity index is 1.83. The lowest BCUT2D eigenvalue weighted by molar-refractivity contribution is 0.102. The maximum Gasteiger partial charge on any atom is 0.259 e. The van der Waals surface area contributed by atoms with Crippen LogP contribution in [0.2, 0.25) is 0 Å². The number of pyridine rings is 1. The van der Waals surface area contributed by atoms with Crippen molar-refractivity contribution in [3.05, 3.63) is 58.8 Å². The Kier molecular flexibility index (Phi) is 4.18. The van der Waals surface area contributed by atoms with Gasteiger partial charge in [0.15, 0.2) is 0 Å². The minimum absolute atomic E-state index is 0.254. The van der Waals surface area contributed by atoms with Gasteiger partial charge in [-0.25, -0.2) is 9.37 Å². The number of anilines is 1. The van der Waals surface area contributed by atoms with E-state index in [1.54, 1.807) is 29.8 Å². The molecular weight excluding hydrogens is 361 g/mol. The van der Waals surface area contributed by atoms with E-state index in [0.29, 0.717) is 33.6 Å². The molecule has 0 bridgehead atoms. The molecular formula is C20H18FN5O2. The van der Waals surface area contributed by atoms with Gasteiger partial charge < -0.3 is 9.84 Å². The first kappa shape index (κ1) is 17.8. The Hall–Kier alpha value is -3.55. The van der Waals surface area contributed by atoms with E-state index in [1.165, 1.54) is 12.1 Å². The monoisotopic (exact) mass is 379 g/mol. The van der Waals surface area contributed by atoms with Crippen molar-refractivity contribution >= 4 is 22.7 Å². The zero-order valence-corrected chi connectivity index (χ0v) is 15.9. The highest BCUT2D eigenvalue weighted by Crippen LogP contribution is 2.28. The van der Waals surface area contributed by atoms with Crippen molar-refractivity contribution < 1.29 is 13.7 Å². The molecule has 1 N–H and O–H groups in total. The van der Waals surface area contributed by atoms with Gasteiger partial charge in [-0.15, -0.1) is 0 Å². The normalized spacial score (nSPS) is 11.2. The number of amides is 1. The van der Waals surface area contributed by atoms with Crippen LogP contribution < -0.4 is 5.32 Å². The second kappa shape index (κ2) is 6.56. The standard InChI is InChI=1S/C20H18FN5O2/c1-10-17-15(19(27)23-18-11(2)24-26(4)12(18)3)9-16(22-20(17)28-25-10)13-5-7-14(21)8-6-13/h5-9H,1-4H3,(H,23,27). The molecule has 0 aliphatic heterocycles. The lowest BCUT2D eigenvalue weighted by Gasteiger charge is -2.09. The molecule has 0 radical (unpaired) electrons. The topological polar surface area (TPSA) is 85.8 Å². The van der Waals surface area contributed by atoms with Crippen LogP contribution in [0.3, 0.4) is 0 Å². The van der Waals surface area contributed by atoms with E-state index in [4.69, 9.17) is 4.52 Å². The predicted octanol–water partition coefficient (Wildman–Crippen LogP) is 3.94. The van der Waals surface area contributed by atoms with Crippen LogP contribution in [-0.4, -0.2) is 25.8 Å². The van der Waals surface area contributed by atoms with Gasteiger partial charge in [0.1, 0.15) is 5.82 Å². The average Bonchev–Trinajstić information content (AvgIpc) is 3.16. The smallest absolute Gasteiger partial charge is 0.259 e. The van der Waals surface area contributed by atoms with E-state index >= 15 is 0 Å². The summed E-state index contributed by atoms with van der Waals surface area (Å²) in [4.78, 5) is 17.6. The molecule has 1 amide bonds. The fourth-order valence-electron chi connectivity index (χ4n) is 3.18. The minimum atomic E-state index is -0.346. The van der Waals surface area contributed by atoms with Gasteiger partial charge in [0.25, 0.3) is 11.6 Å². The quantitative estimate of drug-likeness (QED) is 0.583. The molecule has 0 fully saturated rings. The highest BCUT2D eigenvalue weighted by Gasteiger charge is 2.21. The number of benzene rings is 1. The second-order valence-corrected chi connectivity index (χ2v) is 6.63. The summed E-state index contributed by atoms with van der Waals surface area (Å²) in [5, 5.41) is 11.7. The number of carbonyl (C=O) groups excluding carboxylic acids is 1. The van der Waals surface area contributed by atoms with Crippen LogP contribution in [0.25, 0.3) is 22.4 Å². The predicted molar refractivity (Wildman–Crippen MR) is 103 cm³/mol. The van der Waals surface area contributed by atoms with E-state index in [2.05, 4.69) is 20.6 Å². The molecule has 3 aromatic heterocycles. The summed E-state index contributed by atoms with van der Waals surface area (Å²) in [5.74, 6) is -0.665. The van der Waals surface area contributed by atoms with Crippen LogP contribution in [0.4, 0.5) is 10.1 Å². The Bertz CT molecular complexity index is 1210. The van der Waals surface area contributed by atoms with Crippen LogP contribution in [0.1, 0.15) is 27.4 Å². The summed E-state index contributed by atoms with van der Waals surface area (Å²) in [7, 11) is 1.82. The Morgan fingerprint density at radius 3 is 2.50 bits per heavy atom. The number of rotatable bonds is 3. The van der Waals surface area contributed by atoms with Crippen molar-refractivity contribution in [2.45, 2.75) is 20.8 Å². The number of nitrogens with zero attached hydrogens (tertiary/aromatic N) is 4. The molecule has 0 aliphatic carbocycles. The average molecular weight is 379 g/mol. The van der Waals surface area contributed by atoms with Gasteiger partial charge in [0, 0.05) is 12.6 Å². The molecule has 0 atom stereocenters. The van der Waals surface area contributed by atoms with Crippen molar-refractivity contribution in [3.63, 3.8) is 0 Å². The first-order valence-corrected chi connectivity index (χ1v) is 8.69. The first-order chi connectivity index (χ1) is 13.3. The van der Waals surface area contributed by atoms with Crippen LogP contribution in [0, 0.1) is 26.6 Å². The number of aryl methyl sites for hydroxylation is 3. The van der Waals surface area contributed by atoms with Crippen LogP contribution in [-0.2, 0) is 7.05 Å². The molecule has 142 valence electrons. The maximum absolute atomic E-state index is 13.3. The van der Waals surface area contributed by atoms with Gasteiger partial charge in [-0.2, -0.15) is 5.10 Å². The fourth-order valence-corrected chi connectivity index (χ4v) is 3.18. The molecule has 28 heavy (non-hydrogen) atoms. The lowest BCUT2D eigenvalue weighted by Crippen LogP contribution is -2.14. The van der Waals surface area contributed by atoms with Crippen molar-refractivity contribution in [3.8, 4) is 11.3 Å². The number of hydrogen-bond acceptors (Lipinski definition) is 5. The van der Waals surface area contributed by atoms with Crippen molar-refractivity contribution in [1.29, 1.82) is 0 Å². The first-order valence-electron chi connectivity index (χ1n) is 8.69. The molecule has 4 aromatic rings. The van der Waals surface area contributed by atoms with E-state index in [0.717, 1.165) is 11.4 Å². The molecule has 0 unspecified atom stereocenters. The highest BCUT2D eigenvalue weighted by atomic mass is 19.1. The van der Waals surface area contributed by atoms with Gasteiger partial charge in [-0.05, 0) is 51.1 Å². The number of nitrogens with one attached hydrogen (secondary N) is 1. The largest absolute Gasteiger partial charge is 0.335 e. The molecule has 7 nitrogen and oxygen atoms in total. The number of aromatic nitrogens is 4. The molecule has 1 aromatic carbocycles. The van der Waals surface area contributed by atoms with E-state index in [1.807, 2.05) is 20.9 Å². The molecule has 4 rings (SSSR count). The van der Waals surface area contributed by atoms with Gasteiger partial charge in [0.05, 0.1) is 39.4 Å². The summed E-state index contributed by atoms with van der Waals surface area (Å²) >= 11 is 0. The van der Waals surface area contributed by atoms with E-state index in [9.17, 15) is 9.18 Å². The molecule has 0 saturated heterocycles. The van der Waals surface area contributed by atoms with E-state index < -0.39 is 0 Å². The van der Waals surface area contributed by atoms with Crippen molar-refractivity contribution in [2.75, 3.05) is 5.32 Å². The SMILES string of the molecule is Cc1nn(C)c(C)c1NC(=O)c1cc(-c2ccc(F)cc2)nc2onc(C)c12. The number of hydrogen-bond donors (Lipinski definition) is 1. The summed E-state index contributed by atoms with van der Waals surface area (Å²) < 4.78 is 20.3. The van der Waals surface area contributed by atoms with Gasteiger partial charge in [-0.3, -0.25) is 9.48 Å². The number of carbonyl (C=O) groups is 1. The summed E-state index contributed by atoms with van der Waals surface area (Å²) in [6.45, 7) is 5.47. The van der Waals surface area contributed by atoms with Crippen LogP contribution in [0.5, 0.6) is 0 Å². The third kappa shape index (κ3) is 2.92. The van der Waals surface area contributed by atoms with Gasteiger partial charge >= 0.3 is 0 Å². The zero-order valence-electron chi connectivity index (χ0n) is 15.9. The number of fused-ring (bicyclic) bond motifs is 1. The summed E-state index contributed by atoms with van der Waals surface area (Å²) in [6.07, 6.45) is 0. The molecule has 0 aliphatic rings. The maximum atomic E-state index is 13.3. The second-order valence-electron chi connectivity index (χ2n) is 6.63.